The van der Waals surface area contributed by atoms with Crippen LogP contribution in [0.25, 0.3) is 0 Å². The van der Waals surface area contributed by atoms with E-state index in [1.165, 1.54) is 6.07 Å². The number of nitrogens with one attached hydrogen (secondary N) is 1. The standard InChI is InChI=1S/C13H19N3O2/c1-2-3-4-5-16-11-7-9(12(14)17)6-10(8-11)13(15)18/h6-8,16H,2-5H2,1H3,(H2,14,17)(H2,15,18). The Hall–Kier alpha value is -2.04. The number of carbonyl (C=O) groups excluding carboxylic acids is 2. The van der Waals surface area contributed by atoms with E-state index in [0.717, 1.165) is 25.8 Å². The van der Waals surface area contributed by atoms with Gasteiger partial charge in [0.1, 0.15) is 0 Å². The van der Waals surface area contributed by atoms with Crippen LogP contribution in [0.15, 0.2) is 18.2 Å². The zero-order valence-electron chi connectivity index (χ0n) is 10.5. The molecule has 0 fully saturated rings. The van der Waals surface area contributed by atoms with Gasteiger partial charge in [-0.2, -0.15) is 0 Å². The molecule has 0 saturated heterocycles. The van der Waals surface area contributed by atoms with Crippen LogP contribution in [0.4, 0.5) is 5.69 Å². The molecule has 0 unspecified atom stereocenters. The zero-order chi connectivity index (χ0) is 13.5. The molecule has 0 radical (unpaired) electrons. The van der Waals surface area contributed by atoms with Gasteiger partial charge in [0.25, 0.3) is 0 Å². The summed E-state index contributed by atoms with van der Waals surface area (Å²) in [5.74, 6) is -1.15. The van der Waals surface area contributed by atoms with Gasteiger partial charge in [-0.05, 0) is 24.6 Å². The number of carbonyl (C=O) groups is 2. The van der Waals surface area contributed by atoms with Crippen molar-refractivity contribution in [1.82, 2.24) is 0 Å². The number of amides is 2. The Morgan fingerprint density at radius 2 is 1.61 bits per heavy atom. The average Bonchev–Trinajstić information content (AvgIpc) is 2.34. The van der Waals surface area contributed by atoms with Gasteiger partial charge < -0.3 is 16.8 Å². The van der Waals surface area contributed by atoms with Gasteiger partial charge in [-0.25, -0.2) is 0 Å². The van der Waals surface area contributed by atoms with E-state index >= 15 is 0 Å². The molecule has 1 aromatic rings. The third-order valence-electron chi connectivity index (χ3n) is 2.61. The minimum Gasteiger partial charge on any atom is -0.385 e. The lowest BCUT2D eigenvalue weighted by Crippen LogP contribution is -2.16. The maximum atomic E-state index is 11.1. The van der Waals surface area contributed by atoms with E-state index in [1.807, 2.05) is 0 Å². The van der Waals surface area contributed by atoms with Crippen molar-refractivity contribution in [1.29, 1.82) is 0 Å². The van der Waals surface area contributed by atoms with Crippen LogP contribution in [0.3, 0.4) is 0 Å². The predicted molar refractivity (Wildman–Crippen MR) is 71.5 cm³/mol. The maximum Gasteiger partial charge on any atom is 0.248 e. The fourth-order valence-electron chi connectivity index (χ4n) is 1.62. The second-order valence-electron chi connectivity index (χ2n) is 4.16. The number of benzene rings is 1. The number of nitrogens with two attached hydrogens (primary N) is 2. The van der Waals surface area contributed by atoms with Crippen molar-refractivity contribution in [2.24, 2.45) is 11.5 Å². The van der Waals surface area contributed by atoms with Crippen molar-refractivity contribution in [3.63, 3.8) is 0 Å². The molecule has 5 N–H and O–H groups in total. The molecule has 5 nitrogen and oxygen atoms in total. The Balaban J connectivity index is 2.83. The van der Waals surface area contributed by atoms with Gasteiger partial charge in [-0.15, -0.1) is 0 Å². The van der Waals surface area contributed by atoms with E-state index in [0.29, 0.717) is 5.69 Å². The van der Waals surface area contributed by atoms with E-state index in [1.54, 1.807) is 12.1 Å². The number of anilines is 1. The van der Waals surface area contributed by atoms with Gasteiger partial charge in [0.15, 0.2) is 0 Å². The van der Waals surface area contributed by atoms with Crippen molar-refractivity contribution in [3.05, 3.63) is 29.3 Å². The number of hydrogen-bond donors (Lipinski definition) is 3. The first-order valence-electron chi connectivity index (χ1n) is 6.03. The van der Waals surface area contributed by atoms with Gasteiger partial charge in [0, 0.05) is 23.4 Å². The van der Waals surface area contributed by atoms with Crippen molar-refractivity contribution < 1.29 is 9.59 Å². The second-order valence-corrected chi connectivity index (χ2v) is 4.16. The topological polar surface area (TPSA) is 98.2 Å². The first kappa shape index (κ1) is 14.0. The van der Waals surface area contributed by atoms with Crippen LogP contribution >= 0.6 is 0 Å². The van der Waals surface area contributed by atoms with Crippen molar-refractivity contribution in [2.45, 2.75) is 26.2 Å². The van der Waals surface area contributed by atoms with Crippen LogP contribution < -0.4 is 16.8 Å². The van der Waals surface area contributed by atoms with Crippen molar-refractivity contribution >= 4 is 17.5 Å². The summed E-state index contributed by atoms with van der Waals surface area (Å²) < 4.78 is 0. The Kier molecular flexibility index (Phi) is 5.17. The highest BCUT2D eigenvalue weighted by Crippen LogP contribution is 2.15. The molecule has 0 heterocycles. The highest BCUT2D eigenvalue weighted by Gasteiger charge is 2.08. The predicted octanol–water partition coefficient (Wildman–Crippen LogP) is 1.49. The smallest absolute Gasteiger partial charge is 0.248 e. The van der Waals surface area contributed by atoms with E-state index in [-0.39, 0.29) is 11.1 Å². The molecule has 0 bridgehead atoms. The number of hydrogen-bond acceptors (Lipinski definition) is 3. The summed E-state index contributed by atoms with van der Waals surface area (Å²) in [5, 5.41) is 3.15. The minimum absolute atomic E-state index is 0.282. The molecular weight excluding hydrogens is 230 g/mol. The quantitative estimate of drug-likeness (QED) is 0.638. The summed E-state index contributed by atoms with van der Waals surface area (Å²) in [7, 11) is 0. The highest BCUT2D eigenvalue weighted by atomic mass is 16.1. The number of unbranched alkanes of at least 4 members (excludes halogenated alkanes) is 2. The summed E-state index contributed by atoms with van der Waals surface area (Å²) in [6.45, 7) is 2.91. The molecule has 0 saturated carbocycles. The molecule has 0 aliphatic carbocycles. The van der Waals surface area contributed by atoms with Crippen LogP contribution in [0, 0.1) is 0 Å². The normalized spacial score (nSPS) is 10.1. The first-order chi connectivity index (χ1) is 8.54. The molecule has 0 atom stereocenters. The molecule has 0 aliphatic heterocycles. The SMILES string of the molecule is CCCCCNc1cc(C(N)=O)cc(C(N)=O)c1. The summed E-state index contributed by atoms with van der Waals surface area (Å²) >= 11 is 0. The van der Waals surface area contributed by atoms with E-state index in [4.69, 9.17) is 11.5 Å². The highest BCUT2D eigenvalue weighted by molar-refractivity contribution is 5.99. The van der Waals surface area contributed by atoms with Gasteiger partial charge in [-0.3, -0.25) is 9.59 Å². The third-order valence-corrected chi connectivity index (χ3v) is 2.61. The molecule has 98 valence electrons. The molecule has 0 aromatic heterocycles. The Morgan fingerprint density at radius 1 is 1.06 bits per heavy atom. The Morgan fingerprint density at radius 3 is 2.06 bits per heavy atom. The van der Waals surface area contributed by atoms with Crippen LogP contribution in [0.1, 0.15) is 46.9 Å². The summed E-state index contributed by atoms with van der Waals surface area (Å²) in [6, 6.07) is 4.66. The molecular formula is C13H19N3O2. The van der Waals surface area contributed by atoms with Crippen molar-refractivity contribution in [2.75, 3.05) is 11.9 Å². The van der Waals surface area contributed by atoms with Gasteiger partial charge in [0.2, 0.25) is 11.8 Å². The van der Waals surface area contributed by atoms with Crippen molar-refractivity contribution in [3.8, 4) is 0 Å². The Labute approximate surface area is 107 Å². The lowest BCUT2D eigenvalue weighted by Gasteiger charge is -2.09. The number of rotatable bonds is 7. The lowest BCUT2D eigenvalue weighted by molar-refractivity contribution is 0.0999. The molecule has 0 spiro atoms. The monoisotopic (exact) mass is 249 g/mol. The van der Waals surface area contributed by atoms with E-state index in [9.17, 15) is 9.59 Å². The van der Waals surface area contributed by atoms with Crippen LogP contribution in [-0.2, 0) is 0 Å². The maximum absolute atomic E-state index is 11.1. The summed E-state index contributed by atoms with van der Waals surface area (Å²) in [4.78, 5) is 22.3. The average molecular weight is 249 g/mol. The Bertz CT molecular complexity index is 412. The van der Waals surface area contributed by atoms with Crippen LogP contribution in [0.2, 0.25) is 0 Å². The third kappa shape index (κ3) is 4.08. The molecule has 2 amide bonds. The van der Waals surface area contributed by atoms with Gasteiger partial charge >= 0.3 is 0 Å². The molecule has 5 heteroatoms. The van der Waals surface area contributed by atoms with Crippen LogP contribution in [-0.4, -0.2) is 18.4 Å². The second kappa shape index (κ2) is 6.64. The van der Waals surface area contributed by atoms with E-state index < -0.39 is 11.8 Å². The fourth-order valence-corrected chi connectivity index (χ4v) is 1.62. The van der Waals surface area contributed by atoms with E-state index in [2.05, 4.69) is 12.2 Å². The molecule has 18 heavy (non-hydrogen) atoms. The largest absolute Gasteiger partial charge is 0.385 e. The molecule has 1 aromatic carbocycles. The summed E-state index contributed by atoms with van der Waals surface area (Å²) in [5.41, 5.74) is 11.7. The summed E-state index contributed by atoms with van der Waals surface area (Å²) in [6.07, 6.45) is 3.30. The van der Waals surface area contributed by atoms with Gasteiger partial charge in [0.05, 0.1) is 0 Å². The van der Waals surface area contributed by atoms with Crippen LogP contribution in [0.5, 0.6) is 0 Å². The van der Waals surface area contributed by atoms with Gasteiger partial charge in [-0.1, -0.05) is 19.8 Å². The fraction of sp³-hybridized carbons (Fsp3) is 0.385. The molecule has 0 aliphatic rings. The first-order valence-corrected chi connectivity index (χ1v) is 6.03. The molecule has 1 rings (SSSR count). The zero-order valence-corrected chi connectivity index (χ0v) is 10.5. The number of primary amides is 2. The minimum atomic E-state index is -0.574. The lowest BCUT2D eigenvalue weighted by atomic mass is 10.1.